The number of aliphatic hydroxyl groups is 1. The maximum absolute atomic E-state index is 12.9. The van der Waals surface area contributed by atoms with Crippen molar-refractivity contribution < 1.29 is 14.2 Å². The van der Waals surface area contributed by atoms with Crippen molar-refractivity contribution >= 4 is 0 Å². The Bertz CT molecular complexity index is 601. The summed E-state index contributed by atoms with van der Waals surface area (Å²) in [7, 11) is 0. The molecule has 3 nitrogen and oxygen atoms in total. The van der Waals surface area contributed by atoms with Crippen LogP contribution in [0.15, 0.2) is 48.5 Å². The molecule has 0 radical (unpaired) electrons. The molecule has 0 aliphatic heterocycles. The highest BCUT2D eigenvalue weighted by molar-refractivity contribution is 5.27. The molecule has 0 saturated carbocycles. The predicted octanol–water partition coefficient (Wildman–Crippen LogP) is 3.27. The maximum Gasteiger partial charge on any atom is 0.123 e. The molecule has 0 fully saturated rings. The minimum Gasteiger partial charge on any atom is -0.491 e. The minimum absolute atomic E-state index is 0.224. The van der Waals surface area contributed by atoms with Crippen LogP contribution in [0.3, 0.4) is 0 Å². The zero-order chi connectivity index (χ0) is 16.7. The van der Waals surface area contributed by atoms with E-state index in [1.165, 1.54) is 12.1 Å². The molecule has 2 aromatic rings. The molecule has 0 heterocycles. The van der Waals surface area contributed by atoms with Gasteiger partial charge in [-0.2, -0.15) is 0 Å². The Morgan fingerprint density at radius 2 is 1.87 bits per heavy atom. The second kappa shape index (κ2) is 8.65. The van der Waals surface area contributed by atoms with Crippen molar-refractivity contribution in [3.63, 3.8) is 0 Å². The number of nitrogens with one attached hydrogen (secondary N) is 1. The molecule has 23 heavy (non-hydrogen) atoms. The molecule has 2 unspecified atom stereocenters. The largest absolute Gasteiger partial charge is 0.491 e. The Morgan fingerprint density at radius 3 is 2.57 bits per heavy atom. The Labute approximate surface area is 137 Å². The van der Waals surface area contributed by atoms with Gasteiger partial charge >= 0.3 is 0 Å². The molecule has 0 spiro atoms. The van der Waals surface area contributed by atoms with Crippen LogP contribution in [0.25, 0.3) is 0 Å². The Kier molecular flexibility index (Phi) is 6.56. The molecule has 0 aliphatic rings. The van der Waals surface area contributed by atoms with E-state index in [9.17, 15) is 9.50 Å². The van der Waals surface area contributed by atoms with E-state index in [-0.39, 0.29) is 18.3 Å². The van der Waals surface area contributed by atoms with Crippen molar-refractivity contribution in [2.45, 2.75) is 25.9 Å². The number of hydrogen-bond donors (Lipinski definition) is 2. The summed E-state index contributed by atoms with van der Waals surface area (Å²) >= 11 is 0. The van der Waals surface area contributed by atoms with Gasteiger partial charge in [0.1, 0.15) is 24.3 Å². The summed E-state index contributed by atoms with van der Waals surface area (Å²) < 4.78 is 18.5. The molecule has 0 bridgehead atoms. The number of aryl methyl sites for hydroxylation is 1. The van der Waals surface area contributed by atoms with Gasteiger partial charge in [0.15, 0.2) is 0 Å². The van der Waals surface area contributed by atoms with Crippen molar-refractivity contribution in [2.75, 3.05) is 19.7 Å². The van der Waals surface area contributed by atoms with Gasteiger partial charge in [-0.1, -0.05) is 31.2 Å². The quantitative estimate of drug-likeness (QED) is 0.785. The molecular formula is C19H24FNO2. The zero-order valence-electron chi connectivity index (χ0n) is 13.6. The van der Waals surface area contributed by atoms with E-state index < -0.39 is 6.10 Å². The molecule has 124 valence electrons. The second-order valence-corrected chi connectivity index (χ2v) is 5.89. The van der Waals surface area contributed by atoms with E-state index in [1.807, 2.05) is 31.2 Å². The average Bonchev–Trinajstić information content (AvgIpc) is 2.53. The monoisotopic (exact) mass is 317 g/mol. The highest BCUT2D eigenvalue weighted by Crippen LogP contribution is 2.15. The molecule has 2 aromatic carbocycles. The third-order valence-electron chi connectivity index (χ3n) is 3.70. The van der Waals surface area contributed by atoms with Crippen molar-refractivity contribution in [1.29, 1.82) is 0 Å². The van der Waals surface area contributed by atoms with E-state index in [4.69, 9.17) is 4.74 Å². The number of halogens is 1. The topological polar surface area (TPSA) is 41.5 Å². The van der Waals surface area contributed by atoms with E-state index in [2.05, 4.69) is 12.2 Å². The fraction of sp³-hybridized carbons (Fsp3) is 0.368. The van der Waals surface area contributed by atoms with Crippen molar-refractivity contribution in [1.82, 2.24) is 5.32 Å². The van der Waals surface area contributed by atoms with Crippen LogP contribution < -0.4 is 10.1 Å². The van der Waals surface area contributed by atoms with Gasteiger partial charge in [-0.15, -0.1) is 0 Å². The molecule has 0 aliphatic carbocycles. The van der Waals surface area contributed by atoms with Crippen LogP contribution in [-0.2, 0) is 0 Å². The summed E-state index contributed by atoms with van der Waals surface area (Å²) in [6, 6.07) is 14.3. The standard InChI is InChI=1S/C19H24FNO2/c1-14-4-3-5-19(10-14)23-13-18(22)12-21-11-15(2)16-6-8-17(20)9-7-16/h3-10,15,18,21-22H,11-13H2,1-2H3. The Morgan fingerprint density at radius 1 is 1.13 bits per heavy atom. The first-order valence-corrected chi connectivity index (χ1v) is 7.88. The first-order valence-electron chi connectivity index (χ1n) is 7.88. The molecule has 0 amide bonds. The van der Waals surface area contributed by atoms with Crippen LogP contribution in [0.4, 0.5) is 4.39 Å². The highest BCUT2D eigenvalue weighted by atomic mass is 19.1. The smallest absolute Gasteiger partial charge is 0.123 e. The maximum atomic E-state index is 12.9. The molecule has 2 rings (SSSR count). The lowest BCUT2D eigenvalue weighted by Gasteiger charge is -2.16. The lowest BCUT2D eigenvalue weighted by molar-refractivity contribution is 0.106. The van der Waals surface area contributed by atoms with Crippen LogP contribution in [0.5, 0.6) is 5.75 Å². The summed E-state index contributed by atoms with van der Waals surface area (Å²) in [4.78, 5) is 0. The van der Waals surface area contributed by atoms with Gasteiger partial charge in [0.2, 0.25) is 0 Å². The second-order valence-electron chi connectivity index (χ2n) is 5.89. The minimum atomic E-state index is -0.573. The van der Waals surface area contributed by atoms with Crippen LogP contribution >= 0.6 is 0 Å². The van der Waals surface area contributed by atoms with Gasteiger partial charge in [0, 0.05) is 13.1 Å². The summed E-state index contributed by atoms with van der Waals surface area (Å²) in [5, 5.41) is 13.2. The van der Waals surface area contributed by atoms with E-state index in [0.717, 1.165) is 16.9 Å². The first-order chi connectivity index (χ1) is 11.0. The molecule has 4 heteroatoms. The van der Waals surface area contributed by atoms with Gasteiger partial charge in [-0.25, -0.2) is 4.39 Å². The fourth-order valence-corrected chi connectivity index (χ4v) is 2.33. The van der Waals surface area contributed by atoms with Crippen molar-refractivity contribution in [2.24, 2.45) is 0 Å². The third kappa shape index (κ3) is 6.00. The van der Waals surface area contributed by atoms with Gasteiger partial charge in [0.25, 0.3) is 0 Å². The van der Waals surface area contributed by atoms with Gasteiger partial charge in [-0.05, 0) is 48.2 Å². The normalized spacial score (nSPS) is 13.6. The fourth-order valence-electron chi connectivity index (χ4n) is 2.33. The predicted molar refractivity (Wildman–Crippen MR) is 90.4 cm³/mol. The highest BCUT2D eigenvalue weighted by Gasteiger charge is 2.08. The zero-order valence-corrected chi connectivity index (χ0v) is 13.6. The summed E-state index contributed by atoms with van der Waals surface area (Å²) in [5.74, 6) is 0.793. The molecule has 2 atom stereocenters. The number of rotatable bonds is 8. The van der Waals surface area contributed by atoms with E-state index in [1.54, 1.807) is 12.1 Å². The molecule has 0 saturated heterocycles. The van der Waals surface area contributed by atoms with Crippen LogP contribution in [0.2, 0.25) is 0 Å². The first kappa shape index (κ1) is 17.4. The number of ether oxygens (including phenoxy) is 1. The summed E-state index contributed by atoms with van der Waals surface area (Å²) in [6.07, 6.45) is -0.573. The van der Waals surface area contributed by atoms with Crippen LogP contribution in [0.1, 0.15) is 24.0 Å². The van der Waals surface area contributed by atoms with Gasteiger partial charge < -0.3 is 15.2 Å². The SMILES string of the molecule is Cc1cccc(OCC(O)CNCC(C)c2ccc(F)cc2)c1. The molecule has 2 N–H and O–H groups in total. The average molecular weight is 317 g/mol. The third-order valence-corrected chi connectivity index (χ3v) is 3.70. The van der Waals surface area contributed by atoms with E-state index in [0.29, 0.717) is 13.1 Å². The Balaban J connectivity index is 1.68. The summed E-state index contributed by atoms with van der Waals surface area (Å²) in [6.45, 7) is 5.49. The Hall–Kier alpha value is -1.91. The summed E-state index contributed by atoms with van der Waals surface area (Å²) in [5.41, 5.74) is 2.20. The van der Waals surface area contributed by atoms with Gasteiger partial charge in [0.05, 0.1) is 0 Å². The molecular weight excluding hydrogens is 293 g/mol. The number of hydrogen-bond acceptors (Lipinski definition) is 3. The molecule has 0 aromatic heterocycles. The lowest BCUT2D eigenvalue weighted by Crippen LogP contribution is -2.33. The van der Waals surface area contributed by atoms with Gasteiger partial charge in [-0.3, -0.25) is 0 Å². The van der Waals surface area contributed by atoms with Crippen LogP contribution in [-0.4, -0.2) is 30.9 Å². The number of aliphatic hydroxyl groups excluding tert-OH is 1. The van der Waals surface area contributed by atoms with Crippen LogP contribution in [0, 0.1) is 12.7 Å². The number of benzene rings is 2. The van der Waals surface area contributed by atoms with Crippen molar-refractivity contribution in [3.05, 3.63) is 65.5 Å². The van der Waals surface area contributed by atoms with E-state index >= 15 is 0 Å². The van der Waals surface area contributed by atoms with Crippen molar-refractivity contribution in [3.8, 4) is 5.75 Å². The lowest BCUT2D eigenvalue weighted by atomic mass is 10.0.